The van der Waals surface area contributed by atoms with Gasteiger partial charge < -0.3 is 10.6 Å². The lowest BCUT2D eigenvalue weighted by atomic mass is 10.00. The molecule has 232 valence electrons. The first kappa shape index (κ1) is 32.5. The first-order valence-electron chi connectivity index (χ1n) is 14.5. The van der Waals surface area contributed by atoms with Gasteiger partial charge in [0.15, 0.2) is 0 Å². The molecule has 2 N–H and O–H groups in total. The molecular weight excluding hydrogens is 580 g/mol. The number of hydrogen-bond donors (Lipinski definition) is 1. The Balaban J connectivity index is 0.00000405. The fourth-order valence-corrected chi connectivity index (χ4v) is 6.77. The molecule has 3 aliphatic rings. The number of quaternary nitrogens is 1. The Bertz CT molecular complexity index is 1270. The van der Waals surface area contributed by atoms with Gasteiger partial charge in [0.25, 0.3) is 0 Å². The predicted octanol–water partition coefficient (Wildman–Crippen LogP) is 8.30. The van der Waals surface area contributed by atoms with E-state index in [0.717, 1.165) is 55.7 Å². The molecule has 1 saturated carbocycles. The van der Waals surface area contributed by atoms with E-state index in [4.69, 9.17) is 10.6 Å². The van der Waals surface area contributed by atoms with Gasteiger partial charge >= 0.3 is 12.4 Å². The highest BCUT2D eigenvalue weighted by Gasteiger charge is 2.44. The van der Waals surface area contributed by atoms with Gasteiger partial charge in [0.1, 0.15) is 19.2 Å². The van der Waals surface area contributed by atoms with Crippen LogP contribution in [0.25, 0.3) is 0 Å². The van der Waals surface area contributed by atoms with Crippen molar-refractivity contribution in [1.82, 2.24) is 0 Å². The second-order valence-corrected chi connectivity index (χ2v) is 11.8. The molecule has 0 spiro atoms. The third-order valence-electron chi connectivity index (χ3n) is 8.72. The summed E-state index contributed by atoms with van der Waals surface area (Å²) in [5.74, 6) is 0.867. The Morgan fingerprint density at radius 2 is 1.48 bits per heavy atom. The van der Waals surface area contributed by atoms with Crippen molar-refractivity contribution in [3.8, 4) is 0 Å². The van der Waals surface area contributed by atoms with Crippen molar-refractivity contribution in [2.75, 3.05) is 18.0 Å². The van der Waals surface area contributed by atoms with E-state index in [2.05, 4.69) is 24.0 Å². The van der Waals surface area contributed by atoms with Gasteiger partial charge in [0.2, 0.25) is 5.82 Å². The van der Waals surface area contributed by atoms with Crippen molar-refractivity contribution in [3.05, 3.63) is 75.6 Å². The highest BCUT2D eigenvalue weighted by molar-refractivity contribution is 5.85. The van der Waals surface area contributed by atoms with E-state index in [0.29, 0.717) is 5.92 Å². The van der Waals surface area contributed by atoms with E-state index in [1.165, 1.54) is 36.8 Å². The summed E-state index contributed by atoms with van der Waals surface area (Å²) in [4.78, 5) is 8.65. The zero-order chi connectivity index (χ0) is 29.6. The van der Waals surface area contributed by atoms with Gasteiger partial charge in [-0.05, 0) is 93.3 Å². The van der Waals surface area contributed by atoms with Gasteiger partial charge in [0.05, 0.1) is 11.1 Å². The Morgan fingerprint density at radius 1 is 0.881 bits per heavy atom. The SMILES string of the molecule is CCN(CC1CCCC1)c1cc2c(cc1C[N+]1(Cc3cc(C(F)(F)F)cc(C(F)(F)F)c3)OC(C)C=C1N)CCC2.Cl. The van der Waals surface area contributed by atoms with E-state index in [9.17, 15) is 26.3 Å². The summed E-state index contributed by atoms with van der Waals surface area (Å²) in [6, 6.07) is 6.09. The Morgan fingerprint density at radius 3 is 2.00 bits per heavy atom. The summed E-state index contributed by atoms with van der Waals surface area (Å²) < 4.78 is 81.6. The number of hydroxylamine groups is 3. The molecule has 0 aromatic heterocycles. The highest BCUT2D eigenvalue weighted by atomic mass is 35.5. The van der Waals surface area contributed by atoms with Gasteiger partial charge in [0, 0.05) is 36.0 Å². The standard InChI is InChI=1S/C31H38F6N3O.ClH/c1-3-39(17-21-7-4-5-8-21)28-15-24-10-6-9-23(24)14-25(28)19-40(29(38)11-20(2)41-40)18-22-12-26(30(32,33)34)16-27(13-22)31(35,36)37;/h11-16,20-21H,3-10,17-19,38H2,1-2H3;1H/q+1;. The molecule has 4 nitrogen and oxygen atoms in total. The third-order valence-corrected chi connectivity index (χ3v) is 8.72. The summed E-state index contributed by atoms with van der Waals surface area (Å²) >= 11 is 0. The summed E-state index contributed by atoms with van der Waals surface area (Å²) in [5.41, 5.74) is 8.19. The molecule has 1 heterocycles. The maximum absolute atomic E-state index is 13.7. The van der Waals surface area contributed by atoms with E-state index in [1.807, 2.05) is 0 Å². The molecule has 1 fully saturated rings. The molecule has 0 radical (unpaired) electrons. The van der Waals surface area contributed by atoms with Crippen LogP contribution in [0.15, 0.2) is 42.2 Å². The molecule has 5 rings (SSSR count). The van der Waals surface area contributed by atoms with Crippen LogP contribution >= 0.6 is 12.4 Å². The zero-order valence-corrected chi connectivity index (χ0v) is 24.8. The molecule has 0 saturated heterocycles. The quantitative estimate of drug-likeness (QED) is 0.239. The van der Waals surface area contributed by atoms with Crippen LogP contribution in [0.3, 0.4) is 0 Å². The average Bonchev–Trinajstić information content (AvgIpc) is 3.62. The second kappa shape index (κ2) is 12.3. The molecule has 2 aromatic carbocycles. The third kappa shape index (κ3) is 6.86. The van der Waals surface area contributed by atoms with Crippen LogP contribution in [0.5, 0.6) is 0 Å². The summed E-state index contributed by atoms with van der Waals surface area (Å²) in [6.45, 7) is 5.49. The van der Waals surface area contributed by atoms with Crippen molar-refractivity contribution in [2.45, 2.75) is 90.3 Å². The first-order valence-corrected chi connectivity index (χ1v) is 14.5. The number of halogens is 7. The lowest BCUT2D eigenvalue weighted by molar-refractivity contribution is -1.09. The number of fused-ring (bicyclic) bond motifs is 1. The smallest absolute Gasteiger partial charge is 0.371 e. The topological polar surface area (TPSA) is 38.5 Å². The molecule has 42 heavy (non-hydrogen) atoms. The molecule has 0 bridgehead atoms. The van der Waals surface area contributed by atoms with Crippen LogP contribution in [-0.2, 0) is 43.1 Å². The molecule has 0 amide bonds. The van der Waals surface area contributed by atoms with Gasteiger partial charge in [-0.3, -0.25) is 0 Å². The number of aryl methyl sites for hydroxylation is 2. The van der Waals surface area contributed by atoms with Gasteiger partial charge in [-0.15, -0.1) is 17.1 Å². The van der Waals surface area contributed by atoms with Crippen LogP contribution in [0, 0.1) is 5.92 Å². The highest BCUT2D eigenvalue weighted by Crippen LogP contribution is 2.41. The molecule has 2 atom stereocenters. The first-order chi connectivity index (χ1) is 19.3. The van der Waals surface area contributed by atoms with E-state index in [1.54, 1.807) is 13.0 Å². The minimum Gasteiger partial charge on any atom is -0.371 e. The molecule has 2 unspecified atom stereocenters. The van der Waals surface area contributed by atoms with Crippen LogP contribution in [0.2, 0.25) is 0 Å². The number of anilines is 1. The Kier molecular flexibility index (Phi) is 9.50. The summed E-state index contributed by atoms with van der Waals surface area (Å²) in [6.07, 6.45) is -0.852. The monoisotopic (exact) mass is 618 g/mol. The molecule has 1 aliphatic heterocycles. The van der Waals surface area contributed by atoms with E-state index in [-0.39, 0.29) is 42.9 Å². The molecular formula is C31H39ClF6N3O+. The van der Waals surface area contributed by atoms with Crippen molar-refractivity contribution < 1.29 is 35.8 Å². The summed E-state index contributed by atoms with van der Waals surface area (Å²) in [7, 11) is 0. The maximum Gasteiger partial charge on any atom is 0.416 e. The molecule has 2 aromatic rings. The normalized spacial score (nSPS) is 22.7. The largest absolute Gasteiger partial charge is 0.416 e. The van der Waals surface area contributed by atoms with Gasteiger partial charge in [-0.1, -0.05) is 12.8 Å². The maximum atomic E-state index is 13.7. The minimum atomic E-state index is -4.93. The summed E-state index contributed by atoms with van der Waals surface area (Å²) in [5, 5.41) is 0. The predicted molar refractivity (Wildman–Crippen MR) is 152 cm³/mol. The lowest BCUT2D eigenvalue weighted by Crippen LogP contribution is -2.46. The number of rotatable bonds is 8. The van der Waals surface area contributed by atoms with Crippen molar-refractivity contribution in [3.63, 3.8) is 0 Å². The average molecular weight is 619 g/mol. The van der Waals surface area contributed by atoms with Crippen molar-refractivity contribution >= 4 is 18.1 Å². The number of benzene rings is 2. The number of nitrogens with zero attached hydrogens (tertiary/aromatic N) is 2. The van der Waals surface area contributed by atoms with Gasteiger partial charge in [-0.25, -0.2) is 0 Å². The number of nitrogens with two attached hydrogens (primary N) is 1. The number of hydrogen-bond acceptors (Lipinski definition) is 3. The van der Waals surface area contributed by atoms with Crippen LogP contribution < -0.4 is 10.6 Å². The Hall–Kier alpha value is -2.43. The minimum absolute atomic E-state index is 0. The second-order valence-electron chi connectivity index (χ2n) is 11.8. The van der Waals surface area contributed by atoms with Crippen molar-refractivity contribution in [1.29, 1.82) is 0 Å². The fraction of sp³-hybridized carbons (Fsp3) is 0.548. The lowest BCUT2D eigenvalue weighted by Gasteiger charge is -2.35. The van der Waals surface area contributed by atoms with E-state index >= 15 is 0 Å². The number of alkyl halides is 6. The van der Waals surface area contributed by atoms with Crippen LogP contribution in [0.4, 0.5) is 32.0 Å². The van der Waals surface area contributed by atoms with Crippen LogP contribution in [-0.4, -0.2) is 23.8 Å². The Labute approximate surface area is 249 Å². The van der Waals surface area contributed by atoms with Crippen molar-refractivity contribution in [2.24, 2.45) is 11.7 Å². The molecule has 2 aliphatic carbocycles. The van der Waals surface area contributed by atoms with E-state index < -0.39 is 34.2 Å². The fourth-order valence-electron chi connectivity index (χ4n) is 6.77. The molecule has 11 heteroatoms. The zero-order valence-electron chi connectivity index (χ0n) is 24.0. The van der Waals surface area contributed by atoms with Crippen LogP contribution in [0.1, 0.15) is 79.3 Å². The van der Waals surface area contributed by atoms with Gasteiger partial charge in [-0.2, -0.15) is 31.2 Å².